The molecule has 150 valence electrons. The Hall–Kier alpha value is -2.83. The molecule has 1 amide bonds. The highest BCUT2D eigenvalue weighted by molar-refractivity contribution is 5.92. The number of aryl methyl sites for hydroxylation is 2. The zero-order valence-electron chi connectivity index (χ0n) is 16.8. The van der Waals surface area contributed by atoms with Gasteiger partial charge in [0.2, 0.25) is 0 Å². The molecule has 0 saturated carbocycles. The van der Waals surface area contributed by atoms with Gasteiger partial charge in [-0.3, -0.25) is 0 Å². The molecule has 0 spiro atoms. The lowest BCUT2D eigenvalue weighted by Gasteiger charge is -2.21. The van der Waals surface area contributed by atoms with Gasteiger partial charge in [0.15, 0.2) is 0 Å². The fourth-order valence-corrected chi connectivity index (χ4v) is 3.33. The summed E-state index contributed by atoms with van der Waals surface area (Å²) in [5, 5.41) is 3.12. The first-order valence-electron chi connectivity index (χ1n) is 9.35. The van der Waals surface area contributed by atoms with Crippen molar-refractivity contribution in [2.24, 2.45) is 0 Å². The van der Waals surface area contributed by atoms with Crippen LogP contribution < -0.4 is 15.7 Å². The molecule has 3 rings (SSSR count). The van der Waals surface area contributed by atoms with E-state index in [2.05, 4.69) is 5.32 Å². The first-order valence-corrected chi connectivity index (χ1v) is 9.35. The van der Waals surface area contributed by atoms with Gasteiger partial charge in [0.25, 0.3) is 0 Å². The van der Waals surface area contributed by atoms with Gasteiger partial charge in [0.1, 0.15) is 23.0 Å². The number of ether oxygens (including phenoxy) is 2. The number of hydrogen-bond acceptors (Lipinski definition) is 6. The van der Waals surface area contributed by atoms with E-state index in [-0.39, 0.29) is 5.63 Å². The van der Waals surface area contributed by atoms with Gasteiger partial charge in [-0.15, -0.1) is 0 Å². The molecule has 1 aliphatic rings. The van der Waals surface area contributed by atoms with E-state index in [0.717, 1.165) is 24.0 Å². The van der Waals surface area contributed by atoms with Crippen molar-refractivity contribution in [1.82, 2.24) is 5.32 Å². The molecule has 1 atom stereocenters. The fraction of sp³-hybridized carbons (Fsp3) is 0.476. The first-order chi connectivity index (χ1) is 13.0. The second-order valence-electron chi connectivity index (χ2n) is 8.13. The summed E-state index contributed by atoms with van der Waals surface area (Å²) in [5.41, 5.74) is 1.72. The minimum Gasteiger partial charge on any atom is -0.444 e. The number of rotatable bonds is 3. The quantitative estimate of drug-likeness (QED) is 0.493. The molecule has 1 aliphatic carbocycles. The van der Waals surface area contributed by atoms with Crippen LogP contribution in [0.1, 0.15) is 50.8 Å². The topological polar surface area (TPSA) is 94.8 Å². The van der Waals surface area contributed by atoms with Crippen LogP contribution in [-0.2, 0) is 22.4 Å². The van der Waals surface area contributed by atoms with Gasteiger partial charge < -0.3 is 19.2 Å². The zero-order chi connectivity index (χ0) is 20.6. The molecule has 1 aromatic carbocycles. The SMILES string of the molecule is Cc1cc(OC(=O)[C@H](C)NC(=O)OC(C)(C)C)c2c3c(c(=O)oc2c1)CCC3. The number of amides is 1. The van der Waals surface area contributed by atoms with Crippen molar-refractivity contribution in [3.8, 4) is 5.75 Å². The molecule has 7 nitrogen and oxygen atoms in total. The first kappa shape index (κ1) is 19.9. The minimum atomic E-state index is -0.908. The van der Waals surface area contributed by atoms with E-state index in [0.29, 0.717) is 28.7 Å². The molecule has 0 unspecified atom stereocenters. The molecule has 0 saturated heterocycles. The average Bonchev–Trinajstić information content (AvgIpc) is 3.02. The monoisotopic (exact) mass is 387 g/mol. The van der Waals surface area contributed by atoms with Gasteiger partial charge in [-0.05, 0) is 77.1 Å². The van der Waals surface area contributed by atoms with E-state index >= 15 is 0 Å². The molecule has 7 heteroatoms. The van der Waals surface area contributed by atoms with Crippen molar-refractivity contribution in [1.29, 1.82) is 0 Å². The van der Waals surface area contributed by atoms with Crippen LogP contribution >= 0.6 is 0 Å². The van der Waals surface area contributed by atoms with Crippen LogP contribution in [-0.4, -0.2) is 23.7 Å². The summed E-state index contributed by atoms with van der Waals surface area (Å²) in [7, 11) is 0. The summed E-state index contributed by atoms with van der Waals surface area (Å²) in [4.78, 5) is 36.6. The maximum absolute atomic E-state index is 12.6. The van der Waals surface area contributed by atoms with Crippen molar-refractivity contribution < 1.29 is 23.5 Å². The van der Waals surface area contributed by atoms with Crippen LogP contribution in [0.5, 0.6) is 5.75 Å². The van der Waals surface area contributed by atoms with E-state index in [1.165, 1.54) is 6.92 Å². The van der Waals surface area contributed by atoms with Crippen molar-refractivity contribution >= 4 is 23.0 Å². The number of esters is 1. The number of alkyl carbamates (subject to hydrolysis) is 1. The van der Waals surface area contributed by atoms with E-state index in [4.69, 9.17) is 13.9 Å². The van der Waals surface area contributed by atoms with Gasteiger partial charge in [0.05, 0.1) is 5.39 Å². The Balaban J connectivity index is 1.88. The molecule has 1 N–H and O–H groups in total. The van der Waals surface area contributed by atoms with Gasteiger partial charge in [-0.25, -0.2) is 14.4 Å². The van der Waals surface area contributed by atoms with E-state index < -0.39 is 23.7 Å². The van der Waals surface area contributed by atoms with Crippen LogP contribution in [0.25, 0.3) is 11.0 Å². The molecular formula is C21H25NO6. The Labute approximate surface area is 163 Å². The molecule has 0 radical (unpaired) electrons. The van der Waals surface area contributed by atoms with Crippen molar-refractivity contribution in [2.75, 3.05) is 0 Å². The van der Waals surface area contributed by atoms with Crippen LogP contribution in [0.4, 0.5) is 4.79 Å². The molecular weight excluding hydrogens is 362 g/mol. The summed E-state index contributed by atoms with van der Waals surface area (Å²) in [6.07, 6.45) is 1.55. The van der Waals surface area contributed by atoms with Crippen LogP contribution in [0.2, 0.25) is 0 Å². The second kappa shape index (κ2) is 7.30. The Morgan fingerprint density at radius 1 is 1.18 bits per heavy atom. The third kappa shape index (κ3) is 4.18. The summed E-state index contributed by atoms with van der Waals surface area (Å²) in [6.45, 7) is 8.57. The van der Waals surface area contributed by atoms with Gasteiger partial charge in [-0.1, -0.05) is 0 Å². The normalized spacial score (nSPS) is 14.5. The maximum atomic E-state index is 12.6. The van der Waals surface area contributed by atoms with E-state index in [1.807, 2.05) is 6.92 Å². The zero-order valence-corrected chi connectivity index (χ0v) is 16.8. The molecule has 1 heterocycles. The lowest BCUT2D eigenvalue weighted by atomic mass is 10.0. The molecule has 0 aliphatic heterocycles. The Morgan fingerprint density at radius 3 is 2.54 bits per heavy atom. The highest BCUT2D eigenvalue weighted by Gasteiger charge is 2.26. The summed E-state index contributed by atoms with van der Waals surface area (Å²) < 4.78 is 16.2. The predicted octanol–water partition coefficient (Wildman–Crippen LogP) is 3.41. The Bertz CT molecular complexity index is 999. The summed E-state index contributed by atoms with van der Waals surface area (Å²) in [6, 6.07) is 2.59. The molecule has 28 heavy (non-hydrogen) atoms. The van der Waals surface area contributed by atoms with E-state index in [1.54, 1.807) is 32.9 Å². The minimum absolute atomic E-state index is 0.331. The summed E-state index contributed by atoms with van der Waals surface area (Å²) in [5.74, 6) is -0.296. The van der Waals surface area contributed by atoms with Crippen LogP contribution in [0.15, 0.2) is 21.3 Å². The van der Waals surface area contributed by atoms with Gasteiger partial charge in [0, 0.05) is 5.56 Å². The van der Waals surface area contributed by atoms with Crippen molar-refractivity contribution in [3.05, 3.63) is 39.2 Å². The van der Waals surface area contributed by atoms with Crippen molar-refractivity contribution in [2.45, 2.75) is 65.5 Å². The Morgan fingerprint density at radius 2 is 1.86 bits per heavy atom. The Kier molecular flexibility index (Phi) is 5.19. The standard InChI is InChI=1S/C21H25NO6/c1-11-9-15(26-18(23)12(2)22-20(25)28-21(3,4)5)17-13-7-6-8-14(13)19(24)27-16(17)10-11/h9-10,12H,6-8H2,1-5H3,(H,22,25)/t12-/m0/s1. The molecule has 2 aromatic rings. The number of nitrogens with one attached hydrogen (secondary N) is 1. The second-order valence-corrected chi connectivity index (χ2v) is 8.13. The predicted molar refractivity (Wildman–Crippen MR) is 104 cm³/mol. The number of carbonyl (C=O) groups excluding carboxylic acids is 2. The highest BCUT2D eigenvalue weighted by atomic mass is 16.6. The average molecular weight is 387 g/mol. The van der Waals surface area contributed by atoms with Crippen molar-refractivity contribution in [3.63, 3.8) is 0 Å². The fourth-order valence-electron chi connectivity index (χ4n) is 3.33. The molecule has 1 aromatic heterocycles. The lowest BCUT2D eigenvalue weighted by Crippen LogP contribution is -2.43. The number of fused-ring (bicyclic) bond motifs is 3. The third-order valence-corrected chi connectivity index (χ3v) is 4.48. The maximum Gasteiger partial charge on any atom is 0.408 e. The summed E-state index contributed by atoms with van der Waals surface area (Å²) >= 11 is 0. The van der Waals surface area contributed by atoms with E-state index in [9.17, 15) is 14.4 Å². The molecule has 0 fully saturated rings. The number of hydrogen-bond donors (Lipinski definition) is 1. The largest absolute Gasteiger partial charge is 0.444 e. The third-order valence-electron chi connectivity index (χ3n) is 4.48. The molecule has 0 bridgehead atoms. The van der Waals surface area contributed by atoms with Gasteiger partial charge >= 0.3 is 17.7 Å². The van der Waals surface area contributed by atoms with Crippen LogP contribution in [0.3, 0.4) is 0 Å². The van der Waals surface area contributed by atoms with Gasteiger partial charge in [-0.2, -0.15) is 0 Å². The lowest BCUT2D eigenvalue weighted by molar-refractivity contribution is -0.136. The van der Waals surface area contributed by atoms with Crippen LogP contribution in [0, 0.1) is 6.92 Å². The number of carbonyl (C=O) groups is 2. The smallest absolute Gasteiger partial charge is 0.408 e. The highest BCUT2D eigenvalue weighted by Crippen LogP contribution is 2.35. The number of benzene rings is 1.